The lowest BCUT2D eigenvalue weighted by Gasteiger charge is -2.13. The highest BCUT2D eigenvalue weighted by atomic mass is 19.1. The van der Waals surface area contributed by atoms with Gasteiger partial charge in [0.25, 0.3) is 5.91 Å². The maximum Gasteiger partial charge on any atom is 0.329 e. The fraction of sp³-hybridized carbons (Fsp3) is 0.179. The predicted octanol–water partition coefficient (Wildman–Crippen LogP) is 4.34. The summed E-state index contributed by atoms with van der Waals surface area (Å²) in [6.07, 6.45) is 1.49. The normalized spacial score (nSPS) is 13.9. The Labute approximate surface area is 218 Å². The topological polar surface area (TPSA) is 106 Å². The third kappa shape index (κ3) is 6.28. The van der Waals surface area contributed by atoms with Crippen molar-refractivity contribution in [2.45, 2.75) is 13.5 Å². The van der Waals surface area contributed by atoms with E-state index in [1.165, 1.54) is 25.3 Å². The van der Waals surface area contributed by atoms with Crippen LogP contribution in [0.3, 0.4) is 0 Å². The first-order chi connectivity index (χ1) is 18.4. The number of urea groups is 1. The number of carbonyl (C=O) groups excluding carboxylic acids is 3. The van der Waals surface area contributed by atoms with Gasteiger partial charge in [-0.1, -0.05) is 30.3 Å². The zero-order valence-electron chi connectivity index (χ0n) is 20.8. The minimum absolute atomic E-state index is 0.0162. The van der Waals surface area contributed by atoms with Gasteiger partial charge >= 0.3 is 6.03 Å². The summed E-state index contributed by atoms with van der Waals surface area (Å²) in [7, 11) is 1.47. The number of benzene rings is 3. The molecule has 0 bridgehead atoms. The van der Waals surface area contributed by atoms with Crippen molar-refractivity contribution in [3.05, 3.63) is 89.4 Å². The molecule has 1 aliphatic rings. The molecule has 1 heterocycles. The number of ether oxygens (including phenoxy) is 3. The third-order valence-electron chi connectivity index (χ3n) is 5.53. The van der Waals surface area contributed by atoms with E-state index in [1.54, 1.807) is 54.6 Å². The van der Waals surface area contributed by atoms with Crippen molar-refractivity contribution >= 4 is 29.6 Å². The number of rotatable bonds is 10. The van der Waals surface area contributed by atoms with Crippen LogP contribution in [-0.4, -0.2) is 43.0 Å². The first kappa shape index (κ1) is 26.2. The maximum absolute atomic E-state index is 13.1. The Balaban J connectivity index is 1.44. The fourth-order valence-corrected chi connectivity index (χ4v) is 3.71. The highest BCUT2D eigenvalue weighted by Gasteiger charge is 2.35. The SMILES string of the molecule is CCOc1cc(/C=C2/NC(=O)N(CC(=O)Nc3ccccc3OC)C2=O)ccc1OCc1ccc(F)cc1. The average Bonchev–Trinajstić information content (AvgIpc) is 3.16. The molecule has 196 valence electrons. The highest BCUT2D eigenvalue weighted by Crippen LogP contribution is 2.30. The number of nitrogens with one attached hydrogen (secondary N) is 2. The number of hydrogen-bond donors (Lipinski definition) is 2. The van der Waals surface area contributed by atoms with Gasteiger partial charge in [-0.2, -0.15) is 0 Å². The van der Waals surface area contributed by atoms with Crippen molar-refractivity contribution in [3.63, 3.8) is 0 Å². The molecule has 0 aliphatic carbocycles. The number of anilines is 1. The number of amides is 4. The van der Waals surface area contributed by atoms with Crippen LogP contribution in [0, 0.1) is 5.82 Å². The Morgan fingerprint density at radius 3 is 2.50 bits per heavy atom. The number of imide groups is 1. The minimum Gasteiger partial charge on any atom is -0.495 e. The van der Waals surface area contributed by atoms with Crippen LogP contribution in [0.5, 0.6) is 17.2 Å². The van der Waals surface area contributed by atoms with Crippen LogP contribution in [-0.2, 0) is 16.2 Å². The summed E-state index contributed by atoms with van der Waals surface area (Å²) in [4.78, 5) is 38.7. The van der Waals surface area contributed by atoms with Gasteiger partial charge in [-0.15, -0.1) is 0 Å². The molecule has 38 heavy (non-hydrogen) atoms. The van der Waals surface area contributed by atoms with Gasteiger partial charge in [-0.25, -0.2) is 14.1 Å². The number of halogens is 1. The van der Waals surface area contributed by atoms with E-state index in [2.05, 4.69) is 10.6 Å². The van der Waals surface area contributed by atoms with E-state index >= 15 is 0 Å². The van der Waals surface area contributed by atoms with Crippen LogP contribution in [0.4, 0.5) is 14.9 Å². The molecule has 3 aromatic carbocycles. The first-order valence-electron chi connectivity index (χ1n) is 11.8. The van der Waals surface area contributed by atoms with E-state index in [1.807, 2.05) is 6.92 Å². The van der Waals surface area contributed by atoms with Crippen molar-refractivity contribution in [1.29, 1.82) is 0 Å². The predicted molar refractivity (Wildman–Crippen MR) is 138 cm³/mol. The van der Waals surface area contributed by atoms with Gasteiger partial charge in [-0.3, -0.25) is 9.59 Å². The molecule has 3 aromatic rings. The molecule has 0 saturated carbocycles. The second-order valence-electron chi connectivity index (χ2n) is 8.18. The fourth-order valence-electron chi connectivity index (χ4n) is 3.71. The quantitative estimate of drug-likeness (QED) is 0.305. The lowest BCUT2D eigenvalue weighted by molar-refractivity contribution is -0.127. The third-order valence-corrected chi connectivity index (χ3v) is 5.53. The molecule has 1 fully saturated rings. The van der Waals surface area contributed by atoms with Gasteiger partial charge < -0.3 is 24.8 Å². The van der Waals surface area contributed by atoms with Crippen molar-refractivity contribution in [2.24, 2.45) is 0 Å². The van der Waals surface area contributed by atoms with Crippen molar-refractivity contribution in [3.8, 4) is 17.2 Å². The maximum atomic E-state index is 13.1. The Morgan fingerprint density at radius 1 is 1.00 bits per heavy atom. The second-order valence-corrected chi connectivity index (χ2v) is 8.18. The van der Waals surface area contributed by atoms with Gasteiger partial charge in [0.15, 0.2) is 11.5 Å². The summed E-state index contributed by atoms with van der Waals surface area (Å²) in [5.41, 5.74) is 1.80. The molecule has 10 heteroatoms. The number of hydrogen-bond acceptors (Lipinski definition) is 6. The molecule has 0 spiro atoms. The number of para-hydroxylation sites is 2. The molecule has 9 nitrogen and oxygen atoms in total. The van der Waals surface area contributed by atoms with Crippen LogP contribution in [0.2, 0.25) is 0 Å². The minimum atomic E-state index is -0.708. The summed E-state index contributed by atoms with van der Waals surface area (Å²) < 4.78 is 29.9. The smallest absolute Gasteiger partial charge is 0.329 e. The van der Waals surface area contributed by atoms with Crippen molar-refractivity contribution < 1.29 is 33.0 Å². The van der Waals surface area contributed by atoms with Crippen molar-refractivity contribution in [1.82, 2.24) is 10.2 Å². The average molecular weight is 520 g/mol. The Kier molecular flexibility index (Phi) is 8.22. The summed E-state index contributed by atoms with van der Waals surface area (Å²) in [5, 5.41) is 5.14. The van der Waals surface area contributed by atoms with Crippen LogP contribution < -0.4 is 24.8 Å². The standard InChI is InChI=1S/C28H26FN3O6/c1-3-37-25-15-19(10-13-24(25)38-17-18-8-11-20(29)12-9-18)14-22-27(34)32(28(35)31-22)16-26(33)30-21-6-4-5-7-23(21)36-2/h4-15H,3,16-17H2,1-2H3,(H,30,33)(H,31,35)/b22-14+. The second kappa shape index (κ2) is 11.9. The van der Waals surface area contributed by atoms with Gasteiger partial charge in [-0.05, 0) is 60.5 Å². The Hall–Kier alpha value is -4.86. The largest absolute Gasteiger partial charge is 0.495 e. The van der Waals surface area contributed by atoms with Gasteiger partial charge in [0.2, 0.25) is 5.91 Å². The van der Waals surface area contributed by atoms with E-state index in [9.17, 15) is 18.8 Å². The molecule has 1 aliphatic heterocycles. The number of nitrogens with zero attached hydrogens (tertiary/aromatic N) is 1. The van der Waals surface area contributed by atoms with E-state index in [-0.39, 0.29) is 18.1 Å². The molecule has 0 unspecified atom stereocenters. The van der Waals surface area contributed by atoms with Gasteiger partial charge in [0.1, 0.15) is 30.4 Å². The van der Waals surface area contributed by atoms with Crippen LogP contribution in [0.15, 0.2) is 72.4 Å². The molecule has 0 radical (unpaired) electrons. The summed E-state index contributed by atoms with van der Waals surface area (Å²) in [5.74, 6) is -0.164. The van der Waals surface area contributed by atoms with Crippen molar-refractivity contribution in [2.75, 3.05) is 25.6 Å². The van der Waals surface area contributed by atoms with Gasteiger partial charge in [0, 0.05) is 0 Å². The summed E-state index contributed by atoms with van der Waals surface area (Å²) >= 11 is 0. The summed E-state index contributed by atoms with van der Waals surface area (Å²) in [6.45, 7) is 1.93. The van der Waals surface area contributed by atoms with E-state index < -0.39 is 24.4 Å². The van der Waals surface area contributed by atoms with Crippen LogP contribution in [0.1, 0.15) is 18.1 Å². The first-order valence-corrected chi connectivity index (χ1v) is 11.8. The Morgan fingerprint density at radius 2 is 1.76 bits per heavy atom. The Bertz CT molecular complexity index is 1370. The molecule has 4 amide bonds. The molecule has 4 rings (SSSR count). The van der Waals surface area contributed by atoms with Crippen LogP contribution >= 0.6 is 0 Å². The molecule has 1 saturated heterocycles. The van der Waals surface area contributed by atoms with Gasteiger partial charge in [0.05, 0.1) is 19.4 Å². The van der Waals surface area contributed by atoms with E-state index in [0.717, 1.165) is 10.5 Å². The van der Waals surface area contributed by atoms with E-state index in [4.69, 9.17) is 14.2 Å². The number of methoxy groups -OCH3 is 1. The molecule has 0 atom stereocenters. The van der Waals surface area contributed by atoms with E-state index in [0.29, 0.717) is 35.1 Å². The zero-order valence-corrected chi connectivity index (χ0v) is 20.8. The zero-order chi connectivity index (χ0) is 27.1. The molecular formula is C28H26FN3O6. The lowest BCUT2D eigenvalue weighted by atomic mass is 10.1. The number of carbonyl (C=O) groups is 3. The molecular weight excluding hydrogens is 493 g/mol. The highest BCUT2D eigenvalue weighted by molar-refractivity contribution is 6.16. The summed E-state index contributed by atoms with van der Waals surface area (Å²) in [6, 6.07) is 17.1. The van der Waals surface area contributed by atoms with Crippen LogP contribution in [0.25, 0.3) is 6.08 Å². The molecule has 0 aromatic heterocycles. The molecule has 2 N–H and O–H groups in total. The monoisotopic (exact) mass is 519 g/mol. The lowest BCUT2D eigenvalue weighted by Crippen LogP contribution is -2.38.